The zero-order chi connectivity index (χ0) is 13.2. The molecule has 0 saturated carbocycles. The smallest absolute Gasteiger partial charge is 0.00969 e. The Balaban J connectivity index is 1.57. The fourth-order valence-corrected chi connectivity index (χ4v) is 3.61. The van der Waals surface area contributed by atoms with E-state index in [0.717, 1.165) is 0 Å². The van der Waals surface area contributed by atoms with Crippen LogP contribution in [0.4, 0.5) is 0 Å². The molecular weight excluding hydrogens is 220 g/mol. The van der Waals surface area contributed by atoms with E-state index in [0.29, 0.717) is 10.8 Å². The molecule has 0 aliphatic carbocycles. The van der Waals surface area contributed by atoms with Gasteiger partial charge in [0.1, 0.15) is 0 Å². The van der Waals surface area contributed by atoms with Crippen LogP contribution < -0.4 is 0 Å². The predicted molar refractivity (Wildman–Crippen MR) is 78.9 cm³/mol. The average molecular weight is 252 g/mol. The lowest BCUT2D eigenvalue weighted by Crippen LogP contribution is -2.57. The summed E-state index contributed by atoms with van der Waals surface area (Å²) in [6.07, 6.45) is 5.61. The zero-order valence-corrected chi connectivity index (χ0v) is 13.0. The lowest BCUT2D eigenvalue weighted by molar-refractivity contribution is 0.00749. The van der Waals surface area contributed by atoms with Gasteiger partial charge in [-0.3, -0.25) is 0 Å². The Morgan fingerprint density at radius 3 is 2.22 bits per heavy atom. The van der Waals surface area contributed by atoms with E-state index in [1.807, 2.05) is 0 Å². The molecule has 0 unspecified atom stereocenters. The molecule has 2 fully saturated rings. The Bertz CT molecular complexity index is 261. The summed E-state index contributed by atoms with van der Waals surface area (Å²) in [7, 11) is 0. The Morgan fingerprint density at radius 1 is 1.00 bits per heavy atom. The largest absolute Gasteiger partial charge is 0.303 e. The summed E-state index contributed by atoms with van der Waals surface area (Å²) in [6.45, 7) is 17.4. The molecule has 0 N–H and O–H groups in total. The monoisotopic (exact) mass is 252 g/mol. The van der Waals surface area contributed by atoms with Crippen molar-refractivity contribution in [1.82, 2.24) is 9.80 Å². The zero-order valence-electron chi connectivity index (χ0n) is 13.0. The summed E-state index contributed by atoms with van der Waals surface area (Å²) in [5.74, 6) is 0. The van der Waals surface area contributed by atoms with E-state index in [-0.39, 0.29) is 0 Å². The highest BCUT2D eigenvalue weighted by atomic mass is 15.3. The van der Waals surface area contributed by atoms with Gasteiger partial charge in [0.2, 0.25) is 0 Å². The molecule has 2 aliphatic heterocycles. The molecule has 2 nitrogen and oxygen atoms in total. The van der Waals surface area contributed by atoms with Crippen LogP contribution in [-0.2, 0) is 0 Å². The Hall–Kier alpha value is -0.0800. The third kappa shape index (κ3) is 3.71. The molecule has 0 aromatic rings. The fourth-order valence-electron chi connectivity index (χ4n) is 3.61. The van der Waals surface area contributed by atoms with Gasteiger partial charge >= 0.3 is 0 Å². The Labute approximate surface area is 114 Å². The number of hydrogen-bond donors (Lipinski definition) is 0. The van der Waals surface area contributed by atoms with Crippen LogP contribution in [0.5, 0.6) is 0 Å². The van der Waals surface area contributed by atoms with Crippen molar-refractivity contribution >= 4 is 0 Å². The highest BCUT2D eigenvalue weighted by Crippen LogP contribution is 2.39. The van der Waals surface area contributed by atoms with Gasteiger partial charge in [0, 0.05) is 25.0 Å². The summed E-state index contributed by atoms with van der Waals surface area (Å²) in [5.41, 5.74) is 1.21. The van der Waals surface area contributed by atoms with Crippen molar-refractivity contribution in [3.8, 4) is 0 Å². The van der Waals surface area contributed by atoms with Gasteiger partial charge in [-0.25, -0.2) is 0 Å². The van der Waals surface area contributed by atoms with Crippen LogP contribution in [0.2, 0.25) is 0 Å². The van der Waals surface area contributed by atoms with Gasteiger partial charge in [-0.2, -0.15) is 0 Å². The van der Waals surface area contributed by atoms with Crippen LogP contribution in [0.3, 0.4) is 0 Å². The maximum absolute atomic E-state index is 2.68. The van der Waals surface area contributed by atoms with Gasteiger partial charge in [-0.05, 0) is 44.3 Å². The van der Waals surface area contributed by atoms with Crippen molar-refractivity contribution in [2.24, 2.45) is 10.8 Å². The van der Waals surface area contributed by atoms with E-state index in [1.54, 1.807) is 0 Å². The molecule has 106 valence electrons. The molecule has 0 bridgehead atoms. The van der Waals surface area contributed by atoms with Crippen molar-refractivity contribution in [1.29, 1.82) is 0 Å². The number of hydrogen-bond acceptors (Lipinski definition) is 2. The van der Waals surface area contributed by atoms with Crippen LogP contribution in [0.25, 0.3) is 0 Å². The van der Waals surface area contributed by atoms with Crippen molar-refractivity contribution in [2.75, 3.05) is 39.3 Å². The molecule has 2 heteroatoms. The van der Waals surface area contributed by atoms with Crippen LogP contribution in [0, 0.1) is 10.8 Å². The third-order valence-corrected chi connectivity index (χ3v) is 4.73. The molecule has 1 spiro atoms. The molecule has 0 atom stereocenters. The van der Waals surface area contributed by atoms with Crippen molar-refractivity contribution in [3.05, 3.63) is 0 Å². The highest BCUT2D eigenvalue weighted by molar-refractivity contribution is 5.00. The first-order valence-corrected chi connectivity index (χ1v) is 7.87. The quantitative estimate of drug-likeness (QED) is 0.693. The molecule has 0 amide bonds. The SMILES string of the molecule is CCN1CCC2(C1)CN(CCCCC(C)(C)C)C2. The van der Waals surface area contributed by atoms with E-state index in [2.05, 4.69) is 37.5 Å². The fraction of sp³-hybridized carbons (Fsp3) is 1.00. The lowest BCUT2D eigenvalue weighted by atomic mass is 9.79. The van der Waals surface area contributed by atoms with Crippen molar-refractivity contribution < 1.29 is 0 Å². The van der Waals surface area contributed by atoms with Gasteiger partial charge < -0.3 is 9.80 Å². The third-order valence-electron chi connectivity index (χ3n) is 4.73. The second-order valence-electron chi connectivity index (χ2n) is 7.85. The minimum absolute atomic E-state index is 0.517. The number of rotatable bonds is 5. The molecule has 18 heavy (non-hydrogen) atoms. The molecule has 2 aliphatic rings. The van der Waals surface area contributed by atoms with Crippen LogP contribution in [0.15, 0.2) is 0 Å². The minimum Gasteiger partial charge on any atom is -0.303 e. The van der Waals surface area contributed by atoms with E-state index in [4.69, 9.17) is 0 Å². The topological polar surface area (TPSA) is 6.48 Å². The molecular formula is C16H32N2. The summed E-state index contributed by atoms with van der Waals surface area (Å²) >= 11 is 0. The summed E-state index contributed by atoms with van der Waals surface area (Å²) in [4.78, 5) is 5.30. The van der Waals surface area contributed by atoms with Crippen LogP contribution >= 0.6 is 0 Å². The van der Waals surface area contributed by atoms with E-state index in [9.17, 15) is 0 Å². The van der Waals surface area contributed by atoms with Crippen LogP contribution in [0.1, 0.15) is 53.4 Å². The number of nitrogens with zero attached hydrogens (tertiary/aromatic N) is 2. The molecule has 0 aromatic carbocycles. The molecule has 2 rings (SSSR count). The first-order valence-electron chi connectivity index (χ1n) is 7.87. The number of likely N-dealkylation sites (tertiary alicyclic amines) is 2. The van der Waals surface area contributed by atoms with E-state index in [1.165, 1.54) is 65.0 Å². The summed E-state index contributed by atoms with van der Waals surface area (Å²) in [5, 5.41) is 0. The average Bonchev–Trinajstić information content (AvgIpc) is 2.66. The van der Waals surface area contributed by atoms with Crippen molar-refractivity contribution in [3.63, 3.8) is 0 Å². The normalized spacial score (nSPS) is 24.7. The minimum atomic E-state index is 0.517. The molecule has 0 radical (unpaired) electrons. The van der Waals surface area contributed by atoms with Crippen LogP contribution in [-0.4, -0.2) is 49.1 Å². The van der Waals surface area contributed by atoms with Gasteiger partial charge in [0.25, 0.3) is 0 Å². The van der Waals surface area contributed by atoms with E-state index >= 15 is 0 Å². The Kier molecular flexibility index (Phi) is 4.38. The van der Waals surface area contributed by atoms with E-state index < -0.39 is 0 Å². The molecule has 2 heterocycles. The second kappa shape index (κ2) is 5.50. The number of unbranched alkanes of at least 4 members (excludes halogenated alkanes) is 1. The van der Waals surface area contributed by atoms with Crippen molar-refractivity contribution in [2.45, 2.75) is 53.4 Å². The summed E-state index contributed by atoms with van der Waals surface area (Å²) < 4.78 is 0. The van der Waals surface area contributed by atoms with Gasteiger partial charge in [0.05, 0.1) is 0 Å². The lowest BCUT2D eigenvalue weighted by Gasteiger charge is -2.48. The molecule has 2 saturated heterocycles. The maximum Gasteiger partial charge on any atom is 0.00969 e. The van der Waals surface area contributed by atoms with Gasteiger partial charge in [-0.1, -0.05) is 34.1 Å². The first-order chi connectivity index (χ1) is 8.42. The van der Waals surface area contributed by atoms with Gasteiger partial charge in [-0.15, -0.1) is 0 Å². The molecule has 0 aromatic heterocycles. The predicted octanol–water partition coefficient (Wildman–Crippen LogP) is 3.23. The first kappa shape index (κ1) is 14.3. The van der Waals surface area contributed by atoms with Gasteiger partial charge in [0.15, 0.2) is 0 Å². The summed E-state index contributed by atoms with van der Waals surface area (Å²) in [6, 6.07) is 0. The standard InChI is InChI=1S/C16H32N2/c1-5-17-11-9-16(12-17)13-18(14-16)10-7-6-8-15(2,3)4/h5-14H2,1-4H3. The Morgan fingerprint density at radius 2 is 1.67 bits per heavy atom. The second-order valence-corrected chi connectivity index (χ2v) is 7.85. The highest BCUT2D eigenvalue weighted by Gasteiger charge is 2.46. The maximum atomic E-state index is 2.68.